The lowest BCUT2D eigenvalue weighted by atomic mass is 9.73. The number of alkyl carbamates (subject to hydrolysis) is 1. The molecular weight excluding hydrogens is 1010 g/mol. The van der Waals surface area contributed by atoms with Crippen LogP contribution in [-0.2, 0) is 65.2 Å². The van der Waals surface area contributed by atoms with Gasteiger partial charge in [-0.15, -0.1) is 0 Å². The number of aromatic carboxylic acids is 1. The SMILES string of the molecule is CC[C@H]1OC(=O)[C@H](C)[C@@H](O[C@H]2C[C@@](C)(OC)[C@@H](OCCCNCCOc3cc4c5c(c3)c(=O)c(C(=O)O)cn5CCC4)[C@H](C)O2)[C@H](C)[C@@H](O[C@@H]2O[C@H](C)CC(N(C)C)[C@H]2O)[C@](C)(OC)C[C@@H](C)C(=O)[C@@H](C)[C@H]2NC(=O)O[C@@]21C. The van der Waals surface area contributed by atoms with Gasteiger partial charge in [0.1, 0.15) is 42.0 Å². The summed E-state index contributed by atoms with van der Waals surface area (Å²) in [7, 11) is 6.94. The molecule has 21 nitrogen and oxygen atoms in total. The van der Waals surface area contributed by atoms with Crippen LogP contribution in [0.2, 0.25) is 0 Å². The number of aryl methyl sites for hydroxylation is 2. The fraction of sp³-hybridized carbons (Fsp3) is 0.772. The fourth-order valence-electron chi connectivity index (χ4n) is 13.1. The number of carbonyl (C=O) groups is 4. The van der Waals surface area contributed by atoms with E-state index in [4.69, 9.17) is 47.4 Å². The van der Waals surface area contributed by atoms with Gasteiger partial charge in [-0.3, -0.25) is 14.4 Å². The Labute approximate surface area is 458 Å². The van der Waals surface area contributed by atoms with Crippen LogP contribution in [0.1, 0.15) is 124 Å². The number of ether oxygens (including phenoxy) is 10. The van der Waals surface area contributed by atoms with Crippen molar-refractivity contribution in [2.75, 3.05) is 54.6 Å². The lowest BCUT2D eigenvalue weighted by Gasteiger charge is -2.50. The number of carbonyl (C=O) groups excluding carboxylic acids is 3. The van der Waals surface area contributed by atoms with Crippen molar-refractivity contribution < 1.29 is 76.8 Å². The molecule has 1 unspecified atom stereocenters. The van der Waals surface area contributed by atoms with Gasteiger partial charge in [0.15, 0.2) is 18.2 Å². The van der Waals surface area contributed by atoms with Crippen LogP contribution in [0.25, 0.3) is 10.9 Å². The highest BCUT2D eigenvalue weighted by Gasteiger charge is 2.58. The number of carboxylic acids is 1. The Morgan fingerprint density at radius 3 is 2.29 bits per heavy atom. The normalized spacial score (nSPS) is 37.8. The van der Waals surface area contributed by atoms with Crippen molar-refractivity contribution in [2.45, 2.75) is 205 Å². The Hall–Kier alpha value is -4.29. The third-order valence-electron chi connectivity index (χ3n) is 17.5. The summed E-state index contributed by atoms with van der Waals surface area (Å²) in [5, 5.41) is 28.1. The number of benzene rings is 1. The Balaban J connectivity index is 1.07. The van der Waals surface area contributed by atoms with Gasteiger partial charge in [0.05, 0.1) is 58.5 Å². The van der Waals surface area contributed by atoms with Gasteiger partial charge in [-0.05, 0) is 118 Å². The van der Waals surface area contributed by atoms with E-state index < -0.39 is 119 Å². The van der Waals surface area contributed by atoms with E-state index in [1.54, 1.807) is 41.1 Å². The Bertz CT molecular complexity index is 2510. The molecule has 1 aromatic carbocycles. The third kappa shape index (κ3) is 12.7. The number of carboxylic acid groups (broad SMARTS) is 1. The maximum atomic E-state index is 14.8. The van der Waals surface area contributed by atoms with Crippen molar-refractivity contribution in [3.63, 3.8) is 0 Å². The van der Waals surface area contributed by atoms with Gasteiger partial charge in [-0.2, -0.15) is 0 Å². The zero-order valence-corrected chi connectivity index (χ0v) is 48.3. The molecule has 4 N–H and O–H groups in total. The topological polar surface area (TPSA) is 250 Å². The summed E-state index contributed by atoms with van der Waals surface area (Å²) in [5.74, 6) is -4.65. The highest BCUT2D eigenvalue weighted by atomic mass is 16.7. The molecule has 1 amide bonds. The van der Waals surface area contributed by atoms with Crippen LogP contribution in [0.15, 0.2) is 23.1 Å². The third-order valence-corrected chi connectivity index (χ3v) is 17.5. The van der Waals surface area contributed by atoms with Crippen molar-refractivity contribution in [1.29, 1.82) is 0 Å². The number of cyclic esters (lactones) is 1. The number of methoxy groups -OCH3 is 2. The standard InChI is InChI=1S/C57H88N4O17/c1-15-41-57(10)48(59-54(68)78-57)32(4)44(62)30(2)27-55(8,69-13)49(77-53-46(64)40(60(11)12)24-31(3)73-53)33(5)47(34(6)52(67)75-41)76-42-28-56(9,70-14)50(35(7)74-42)72-22-17-19-58-20-23-71-37-25-36-18-16-21-61-29-39(51(65)66)45(63)38(26-37)43(36)61/h25-26,29-35,40-42,46-50,53,58,64H,15-24,27-28H2,1-14H3,(H,59,68)(H,65,66)/t30-,31-,32-,33+,34-,35+,40?,41-,42+,46-,47+,48-,49-,50+,53+,55-,56-,57-/m1/s1. The van der Waals surface area contributed by atoms with E-state index in [0.717, 1.165) is 23.9 Å². The molecule has 7 rings (SSSR count). The number of likely N-dealkylation sites (N-methyl/N-ethyl adjacent to an activating group) is 1. The second-order valence-electron chi connectivity index (χ2n) is 23.4. The maximum absolute atomic E-state index is 14.8. The summed E-state index contributed by atoms with van der Waals surface area (Å²) in [5.41, 5.74) is -2.64. The highest BCUT2D eigenvalue weighted by Crippen LogP contribution is 2.43. The average molecular weight is 1100 g/mol. The van der Waals surface area contributed by atoms with Crippen LogP contribution in [0.4, 0.5) is 4.79 Å². The molecule has 5 aliphatic heterocycles. The molecule has 5 aliphatic rings. The Morgan fingerprint density at radius 1 is 0.923 bits per heavy atom. The smallest absolute Gasteiger partial charge is 0.408 e. The van der Waals surface area contributed by atoms with Crippen LogP contribution < -0.4 is 20.8 Å². The number of pyridine rings is 1. The molecular formula is C57H88N4O17. The number of ketones is 1. The number of aliphatic hydroxyl groups excluding tert-OH is 1. The summed E-state index contributed by atoms with van der Waals surface area (Å²) in [4.78, 5) is 69.3. The van der Waals surface area contributed by atoms with Gasteiger partial charge in [-0.1, -0.05) is 27.7 Å². The van der Waals surface area contributed by atoms with Gasteiger partial charge >= 0.3 is 18.0 Å². The number of Topliss-reactive ketones (excluding diaryl/α,β-unsaturated/α-hetero) is 1. The number of aliphatic hydroxyl groups is 1. The Morgan fingerprint density at radius 2 is 1.63 bits per heavy atom. The first kappa shape index (κ1) is 61.3. The molecule has 6 heterocycles. The summed E-state index contributed by atoms with van der Waals surface area (Å²) in [6.07, 6.45) is -3.32. The first-order valence-corrected chi connectivity index (χ1v) is 28.0. The molecule has 0 bridgehead atoms. The molecule has 18 atom stereocenters. The highest BCUT2D eigenvalue weighted by molar-refractivity contribution is 5.94. The second-order valence-corrected chi connectivity index (χ2v) is 23.4. The van der Waals surface area contributed by atoms with Crippen LogP contribution in [0, 0.1) is 23.7 Å². The summed E-state index contributed by atoms with van der Waals surface area (Å²) < 4.78 is 66.5. The van der Waals surface area contributed by atoms with Gasteiger partial charge in [0, 0.05) is 70.3 Å². The maximum Gasteiger partial charge on any atom is 0.408 e. The monoisotopic (exact) mass is 1100 g/mol. The zero-order chi connectivity index (χ0) is 57.2. The summed E-state index contributed by atoms with van der Waals surface area (Å²) in [6, 6.07) is 2.43. The predicted molar refractivity (Wildman–Crippen MR) is 286 cm³/mol. The molecule has 4 saturated heterocycles. The number of aromatic nitrogens is 1. The second kappa shape index (κ2) is 25.2. The minimum absolute atomic E-state index is 0.147. The number of rotatable bonds is 18. The molecule has 2 aromatic rings. The van der Waals surface area contributed by atoms with E-state index in [1.807, 2.05) is 78.1 Å². The van der Waals surface area contributed by atoms with Crippen LogP contribution in [0.5, 0.6) is 5.75 Å². The van der Waals surface area contributed by atoms with Crippen molar-refractivity contribution in [1.82, 2.24) is 20.1 Å². The lowest BCUT2D eigenvalue weighted by Crippen LogP contribution is -2.61. The zero-order valence-electron chi connectivity index (χ0n) is 48.3. The summed E-state index contributed by atoms with van der Waals surface area (Å²) >= 11 is 0. The number of hydrogen-bond acceptors (Lipinski definition) is 18. The Kier molecular flexibility index (Phi) is 19.8. The number of fused-ring (bicyclic) bond motifs is 1. The van der Waals surface area contributed by atoms with Crippen molar-refractivity contribution in [3.8, 4) is 5.75 Å². The molecule has 0 saturated carbocycles. The van der Waals surface area contributed by atoms with E-state index in [2.05, 4.69) is 10.6 Å². The van der Waals surface area contributed by atoms with E-state index in [9.17, 15) is 34.2 Å². The number of amides is 1. The van der Waals surface area contributed by atoms with Crippen LogP contribution >= 0.6 is 0 Å². The number of esters is 1. The van der Waals surface area contributed by atoms with E-state index in [-0.39, 0.29) is 42.8 Å². The minimum Gasteiger partial charge on any atom is -0.492 e. The van der Waals surface area contributed by atoms with Gasteiger partial charge in [-0.25, -0.2) is 9.59 Å². The van der Waals surface area contributed by atoms with E-state index in [1.165, 1.54) is 6.20 Å². The summed E-state index contributed by atoms with van der Waals surface area (Å²) in [6.45, 7) is 20.7. The quantitative estimate of drug-likeness (QED) is 0.110. The van der Waals surface area contributed by atoms with Crippen molar-refractivity contribution >= 4 is 34.7 Å². The average Bonchev–Trinajstić information content (AvgIpc) is 3.72. The molecule has 0 radical (unpaired) electrons. The van der Waals surface area contributed by atoms with Crippen LogP contribution in [-0.4, -0.2) is 182 Å². The number of nitrogens with one attached hydrogen (secondary N) is 2. The number of hydrogen-bond donors (Lipinski definition) is 4. The van der Waals surface area contributed by atoms with Crippen molar-refractivity contribution in [2.24, 2.45) is 23.7 Å². The van der Waals surface area contributed by atoms with Gasteiger partial charge in [0.2, 0.25) is 5.43 Å². The molecule has 4 fully saturated rings. The molecule has 21 heteroatoms. The molecule has 78 heavy (non-hydrogen) atoms. The lowest BCUT2D eigenvalue weighted by molar-refractivity contribution is -0.322. The first-order valence-electron chi connectivity index (χ1n) is 28.0. The molecule has 438 valence electrons. The van der Waals surface area contributed by atoms with E-state index in [0.29, 0.717) is 56.8 Å². The molecule has 0 aliphatic carbocycles. The van der Waals surface area contributed by atoms with Crippen molar-refractivity contribution in [3.05, 3.63) is 39.7 Å². The molecule has 0 spiro atoms. The largest absolute Gasteiger partial charge is 0.492 e. The molecule has 1 aromatic heterocycles. The predicted octanol–water partition coefficient (Wildman–Crippen LogP) is 5.24. The van der Waals surface area contributed by atoms with Gasteiger partial charge in [0.25, 0.3) is 0 Å². The number of nitrogens with zero attached hydrogens (tertiary/aromatic N) is 2. The van der Waals surface area contributed by atoms with E-state index >= 15 is 0 Å². The first-order chi connectivity index (χ1) is 36.8. The van der Waals surface area contributed by atoms with Gasteiger partial charge < -0.3 is 77.7 Å². The fourth-order valence-corrected chi connectivity index (χ4v) is 13.1. The minimum atomic E-state index is -1.39. The van der Waals surface area contributed by atoms with Crippen LogP contribution in [0.3, 0.4) is 0 Å².